The smallest absolute Gasteiger partial charge is 0.195 e. The van der Waals surface area contributed by atoms with Gasteiger partial charge < -0.3 is 10.1 Å². The highest BCUT2D eigenvalue weighted by molar-refractivity contribution is 6.25. The highest BCUT2D eigenvalue weighted by Gasteiger charge is 2.31. The molecule has 0 fully saturated rings. The normalized spacial score (nSPS) is 10.9. The molecular weight excluding hydrogens is 470 g/mol. The molecule has 0 atom stereocenters. The minimum absolute atomic E-state index is 0.0189. The molecule has 0 bridgehead atoms. The molecule has 0 unspecified atom stereocenters. The molecule has 0 spiro atoms. The predicted octanol–water partition coefficient (Wildman–Crippen LogP) is 7.67. The van der Waals surface area contributed by atoms with Crippen LogP contribution in [0.15, 0.2) is 127 Å². The van der Waals surface area contributed by atoms with Gasteiger partial charge >= 0.3 is 0 Å². The van der Waals surface area contributed by atoms with Gasteiger partial charge in [-0.3, -0.25) is 9.59 Å². The highest BCUT2D eigenvalue weighted by Crippen LogP contribution is 2.43. The van der Waals surface area contributed by atoms with E-state index >= 15 is 0 Å². The molecule has 1 heterocycles. The molecule has 4 nitrogen and oxygen atoms in total. The van der Waals surface area contributed by atoms with E-state index in [1.807, 2.05) is 72.8 Å². The Morgan fingerprint density at radius 2 is 1.03 bits per heavy atom. The summed E-state index contributed by atoms with van der Waals surface area (Å²) < 4.78 is 0. The molecule has 6 aromatic rings. The van der Waals surface area contributed by atoms with Crippen molar-refractivity contribution in [3.8, 4) is 28.3 Å². The minimum Gasteiger partial charge on any atom is -0.507 e. The van der Waals surface area contributed by atoms with Crippen LogP contribution in [0.2, 0.25) is 0 Å². The number of fused-ring (bicyclic) bond motifs is 1. The van der Waals surface area contributed by atoms with Crippen molar-refractivity contribution in [1.82, 2.24) is 4.98 Å². The van der Waals surface area contributed by atoms with Crippen molar-refractivity contribution < 1.29 is 14.7 Å². The van der Waals surface area contributed by atoms with Crippen LogP contribution in [0.3, 0.4) is 0 Å². The Balaban J connectivity index is 1.74. The van der Waals surface area contributed by atoms with Gasteiger partial charge in [0, 0.05) is 16.7 Å². The molecule has 0 radical (unpaired) electrons. The van der Waals surface area contributed by atoms with E-state index in [1.165, 1.54) is 0 Å². The summed E-state index contributed by atoms with van der Waals surface area (Å²) >= 11 is 0. The Labute approximate surface area is 219 Å². The lowest BCUT2D eigenvalue weighted by Crippen LogP contribution is -2.11. The van der Waals surface area contributed by atoms with Crippen molar-refractivity contribution >= 4 is 22.3 Å². The molecule has 0 aliphatic carbocycles. The number of hydrogen-bond acceptors (Lipinski definition) is 3. The first-order valence-corrected chi connectivity index (χ1v) is 12.4. The Morgan fingerprint density at radius 1 is 0.526 bits per heavy atom. The number of rotatable bonds is 6. The monoisotopic (exact) mass is 493 g/mol. The summed E-state index contributed by atoms with van der Waals surface area (Å²) in [5.74, 6) is -0.554. The number of benzene rings is 5. The van der Waals surface area contributed by atoms with E-state index < -0.39 is 0 Å². The van der Waals surface area contributed by atoms with Crippen molar-refractivity contribution in [1.29, 1.82) is 0 Å². The van der Waals surface area contributed by atoms with Gasteiger partial charge in [0.25, 0.3) is 0 Å². The van der Waals surface area contributed by atoms with Gasteiger partial charge in [-0.25, -0.2) is 0 Å². The predicted molar refractivity (Wildman–Crippen MR) is 151 cm³/mol. The summed E-state index contributed by atoms with van der Waals surface area (Å²) in [4.78, 5) is 31.8. The molecule has 0 aliphatic heterocycles. The second kappa shape index (κ2) is 9.68. The van der Waals surface area contributed by atoms with Gasteiger partial charge in [0.1, 0.15) is 5.75 Å². The molecule has 6 rings (SSSR count). The number of nitrogens with one attached hydrogen (secondary N) is 1. The second-order valence-electron chi connectivity index (χ2n) is 9.06. The largest absolute Gasteiger partial charge is 0.507 e. The number of ketones is 2. The summed E-state index contributed by atoms with van der Waals surface area (Å²) in [6.45, 7) is 0. The van der Waals surface area contributed by atoms with Crippen molar-refractivity contribution in [2.24, 2.45) is 0 Å². The fraction of sp³-hybridized carbons (Fsp3) is 0. The maximum Gasteiger partial charge on any atom is 0.195 e. The first-order valence-electron chi connectivity index (χ1n) is 12.4. The molecule has 38 heavy (non-hydrogen) atoms. The van der Waals surface area contributed by atoms with Crippen LogP contribution in [0.4, 0.5) is 0 Å². The highest BCUT2D eigenvalue weighted by atomic mass is 16.3. The van der Waals surface area contributed by atoms with Crippen molar-refractivity contribution in [3.05, 3.63) is 150 Å². The molecule has 0 amide bonds. The minimum atomic E-state index is -0.300. The Morgan fingerprint density at radius 3 is 1.63 bits per heavy atom. The fourth-order valence-corrected chi connectivity index (χ4v) is 4.95. The van der Waals surface area contributed by atoms with Gasteiger partial charge in [-0.15, -0.1) is 0 Å². The van der Waals surface area contributed by atoms with Gasteiger partial charge in [0.15, 0.2) is 11.6 Å². The van der Waals surface area contributed by atoms with E-state index in [2.05, 4.69) is 4.98 Å². The topological polar surface area (TPSA) is 70.2 Å². The van der Waals surface area contributed by atoms with E-state index in [0.29, 0.717) is 28.1 Å². The first kappa shape index (κ1) is 23.2. The maximum absolute atomic E-state index is 14.2. The first-order chi connectivity index (χ1) is 18.6. The van der Waals surface area contributed by atoms with Gasteiger partial charge in [0.05, 0.1) is 22.5 Å². The number of hydrogen-bond donors (Lipinski definition) is 2. The van der Waals surface area contributed by atoms with Crippen LogP contribution in [-0.4, -0.2) is 21.7 Å². The van der Waals surface area contributed by atoms with E-state index in [0.717, 1.165) is 16.3 Å². The second-order valence-corrected chi connectivity index (χ2v) is 9.06. The van der Waals surface area contributed by atoms with Gasteiger partial charge in [-0.1, -0.05) is 121 Å². The molecular formula is C34H23NO3. The number of carbonyl (C=O) groups excluding carboxylic acids is 2. The zero-order chi connectivity index (χ0) is 26.1. The quantitative estimate of drug-likeness (QED) is 0.234. The van der Waals surface area contributed by atoms with Crippen molar-refractivity contribution in [3.63, 3.8) is 0 Å². The van der Waals surface area contributed by atoms with Crippen LogP contribution in [-0.2, 0) is 0 Å². The summed E-state index contributed by atoms with van der Waals surface area (Å²) in [6.07, 6.45) is 0. The third-order valence-corrected chi connectivity index (χ3v) is 6.75. The van der Waals surface area contributed by atoms with E-state index in [4.69, 9.17) is 0 Å². The lowest BCUT2D eigenvalue weighted by molar-refractivity contribution is 0.100. The summed E-state index contributed by atoms with van der Waals surface area (Å²) in [5, 5.41) is 12.8. The summed E-state index contributed by atoms with van der Waals surface area (Å²) in [6, 6.07) is 38.5. The third kappa shape index (κ3) is 3.98. The van der Waals surface area contributed by atoms with Crippen LogP contribution in [0.1, 0.15) is 31.8 Å². The van der Waals surface area contributed by atoms with Gasteiger partial charge in [-0.05, 0) is 22.4 Å². The molecule has 5 aromatic carbocycles. The molecule has 182 valence electrons. The SMILES string of the molecule is O=C(c1ccccc1)c1c(-c2ccccc2)[nH]c(-c2c(O)ccc3ccccc23)c1C(=O)c1ccccc1. The van der Waals surface area contributed by atoms with Crippen LogP contribution in [0.5, 0.6) is 5.75 Å². The summed E-state index contributed by atoms with van der Waals surface area (Å²) in [5.41, 5.74) is 3.61. The third-order valence-electron chi connectivity index (χ3n) is 6.75. The molecule has 0 saturated carbocycles. The van der Waals surface area contributed by atoms with Crippen molar-refractivity contribution in [2.75, 3.05) is 0 Å². The molecule has 1 aromatic heterocycles. The number of aromatic hydroxyl groups is 1. The zero-order valence-electron chi connectivity index (χ0n) is 20.4. The Bertz CT molecular complexity index is 1790. The molecule has 4 heteroatoms. The van der Waals surface area contributed by atoms with Gasteiger partial charge in [-0.2, -0.15) is 0 Å². The Kier molecular flexibility index (Phi) is 5.91. The average molecular weight is 494 g/mol. The lowest BCUT2D eigenvalue weighted by Gasteiger charge is -2.11. The van der Waals surface area contributed by atoms with Crippen molar-refractivity contribution in [2.45, 2.75) is 0 Å². The van der Waals surface area contributed by atoms with Crippen LogP contribution in [0, 0.1) is 0 Å². The molecule has 2 N–H and O–H groups in total. The number of H-pyrrole nitrogens is 1. The van der Waals surface area contributed by atoms with Crippen LogP contribution < -0.4 is 0 Å². The number of aromatic amines is 1. The average Bonchev–Trinajstić information content (AvgIpc) is 3.37. The van der Waals surface area contributed by atoms with Crippen LogP contribution >= 0.6 is 0 Å². The maximum atomic E-state index is 14.2. The number of aromatic nitrogens is 1. The number of phenols is 1. The number of carbonyl (C=O) groups is 2. The lowest BCUT2D eigenvalue weighted by atomic mass is 9.89. The van der Waals surface area contributed by atoms with E-state index in [1.54, 1.807) is 54.6 Å². The van der Waals surface area contributed by atoms with E-state index in [9.17, 15) is 14.7 Å². The van der Waals surface area contributed by atoms with Crippen LogP contribution in [0.25, 0.3) is 33.3 Å². The number of phenolic OH excluding ortho intramolecular Hbond substituents is 1. The van der Waals surface area contributed by atoms with E-state index in [-0.39, 0.29) is 28.4 Å². The summed E-state index contributed by atoms with van der Waals surface area (Å²) in [7, 11) is 0. The molecule has 0 aliphatic rings. The molecule has 0 saturated heterocycles. The zero-order valence-corrected chi connectivity index (χ0v) is 20.4. The standard InChI is InChI=1S/C34H23NO3/c36-27-21-20-22-12-10-11-19-26(22)28(27)32-30(34(38)25-17-8-3-9-18-25)29(33(37)24-15-6-2-7-16-24)31(35-32)23-13-4-1-5-14-23/h1-21,35-36H. The Hall–Kier alpha value is -5.22. The fourth-order valence-electron chi connectivity index (χ4n) is 4.95. The van der Waals surface area contributed by atoms with Gasteiger partial charge in [0.2, 0.25) is 0 Å².